The maximum absolute atomic E-state index is 12.1. The van der Waals surface area contributed by atoms with Gasteiger partial charge in [-0.1, -0.05) is 12.1 Å². The number of nitrogens with one attached hydrogen (secondary N) is 1. The number of carbonyl (C=O) groups is 2. The highest BCUT2D eigenvalue weighted by Gasteiger charge is 2.29. The Labute approximate surface area is 193 Å². The zero-order valence-electron chi connectivity index (χ0n) is 19.0. The van der Waals surface area contributed by atoms with Gasteiger partial charge in [0.25, 0.3) is 0 Å². The fraction of sp³-hybridized carbons (Fsp3) is 0.346. The van der Waals surface area contributed by atoms with E-state index in [0.717, 1.165) is 39.0 Å². The van der Waals surface area contributed by atoms with Crippen LogP contribution in [0.1, 0.15) is 34.3 Å². The lowest BCUT2D eigenvalue weighted by molar-refractivity contribution is -0.117. The minimum Gasteiger partial charge on any atom is -0.478 e. The van der Waals surface area contributed by atoms with Crippen LogP contribution < -0.4 is 15.1 Å². The smallest absolute Gasteiger partial charge is 0.336 e. The first-order valence-electron chi connectivity index (χ1n) is 11.5. The highest BCUT2D eigenvalue weighted by atomic mass is 16.4. The number of aromatic nitrogens is 1. The van der Waals surface area contributed by atoms with Gasteiger partial charge in [0, 0.05) is 48.9 Å². The number of piperazine rings is 1. The number of benzene rings is 2. The molecule has 0 bridgehead atoms. The summed E-state index contributed by atoms with van der Waals surface area (Å²) in [5, 5.41) is 13.3. The van der Waals surface area contributed by atoms with Crippen molar-refractivity contribution in [3.63, 3.8) is 0 Å². The summed E-state index contributed by atoms with van der Waals surface area (Å²) in [5.74, 6) is -0.237. The van der Waals surface area contributed by atoms with Gasteiger partial charge in [-0.2, -0.15) is 0 Å². The molecule has 2 aliphatic rings. The van der Waals surface area contributed by atoms with Crippen LogP contribution in [-0.4, -0.2) is 48.1 Å². The van der Waals surface area contributed by atoms with Crippen molar-refractivity contribution in [1.29, 1.82) is 0 Å². The molecule has 2 fully saturated rings. The van der Waals surface area contributed by atoms with E-state index in [9.17, 15) is 14.7 Å². The summed E-state index contributed by atoms with van der Waals surface area (Å²) < 4.78 is 0. The van der Waals surface area contributed by atoms with Crippen molar-refractivity contribution in [2.75, 3.05) is 41.3 Å². The highest BCUT2D eigenvalue weighted by Crippen LogP contribution is 2.32. The second-order valence-corrected chi connectivity index (χ2v) is 9.02. The number of amides is 1. The van der Waals surface area contributed by atoms with E-state index in [4.69, 9.17) is 4.98 Å². The van der Waals surface area contributed by atoms with Crippen LogP contribution in [0.25, 0.3) is 10.9 Å². The van der Waals surface area contributed by atoms with E-state index in [1.807, 2.05) is 0 Å². The van der Waals surface area contributed by atoms with Crippen molar-refractivity contribution in [1.82, 2.24) is 4.98 Å². The van der Waals surface area contributed by atoms with Crippen LogP contribution in [0.4, 0.5) is 17.2 Å². The van der Waals surface area contributed by atoms with Crippen molar-refractivity contribution >= 4 is 40.0 Å². The third kappa shape index (κ3) is 4.23. The lowest BCUT2D eigenvalue weighted by Gasteiger charge is -2.37. The molecule has 1 saturated carbocycles. The summed E-state index contributed by atoms with van der Waals surface area (Å²) in [6.07, 6.45) is 1.84. The molecule has 0 spiro atoms. The Hall–Kier alpha value is -3.61. The number of aryl methyl sites for hydroxylation is 1. The quantitative estimate of drug-likeness (QED) is 0.613. The zero-order chi connectivity index (χ0) is 23.1. The fourth-order valence-electron chi connectivity index (χ4n) is 4.47. The molecular formula is C26H28N4O3. The maximum atomic E-state index is 12.1. The predicted octanol–water partition coefficient (Wildman–Crippen LogP) is 4.22. The zero-order valence-corrected chi connectivity index (χ0v) is 19.0. The molecule has 2 aromatic carbocycles. The van der Waals surface area contributed by atoms with Crippen molar-refractivity contribution in [3.8, 4) is 0 Å². The average Bonchev–Trinajstić information content (AvgIpc) is 3.66. The average molecular weight is 445 g/mol. The lowest BCUT2D eigenvalue weighted by atomic mass is 10.1. The first kappa shape index (κ1) is 21.2. The van der Waals surface area contributed by atoms with Crippen LogP contribution in [0.15, 0.2) is 42.5 Å². The molecule has 7 heteroatoms. The van der Waals surface area contributed by atoms with Crippen LogP contribution in [-0.2, 0) is 4.79 Å². The van der Waals surface area contributed by atoms with Gasteiger partial charge in [-0.05, 0) is 68.1 Å². The third-order valence-electron chi connectivity index (χ3n) is 6.76. The number of anilines is 3. The molecule has 1 aliphatic carbocycles. The summed E-state index contributed by atoms with van der Waals surface area (Å²) in [5.41, 5.74) is 5.27. The summed E-state index contributed by atoms with van der Waals surface area (Å²) >= 11 is 0. The number of carboxylic acid groups (broad SMARTS) is 1. The van der Waals surface area contributed by atoms with Crippen LogP contribution in [0.3, 0.4) is 0 Å². The van der Waals surface area contributed by atoms with Crippen molar-refractivity contribution < 1.29 is 14.7 Å². The Kier molecular flexibility index (Phi) is 5.40. The van der Waals surface area contributed by atoms with E-state index in [1.54, 1.807) is 24.3 Å². The van der Waals surface area contributed by atoms with Gasteiger partial charge in [-0.15, -0.1) is 0 Å². The Morgan fingerprint density at radius 3 is 2.42 bits per heavy atom. The fourth-order valence-corrected chi connectivity index (χ4v) is 4.47. The van der Waals surface area contributed by atoms with E-state index in [2.05, 4.69) is 47.2 Å². The number of rotatable bonds is 5. The molecule has 7 nitrogen and oxygen atoms in total. The number of pyridine rings is 1. The molecule has 1 aromatic heterocycles. The Morgan fingerprint density at radius 2 is 1.73 bits per heavy atom. The van der Waals surface area contributed by atoms with Gasteiger partial charge in [-0.25, -0.2) is 9.78 Å². The monoisotopic (exact) mass is 444 g/mol. The molecule has 0 radical (unpaired) electrons. The Bertz CT molecular complexity index is 1240. The molecule has 1 amide bonds. The van der Waals surface area contributed by atoms with Crippen molar-refractivity contribution in [3.05, 3.63) is 59.2 Å². The topological polar surface area (TPSA) is 85.8 Å². The van der Waals surface area contributed by atoms with Gasteiger partial charge < -0.3 is 20.2 Å². The van der Waals surface area contributed by atoms with E-state index in [1.165, 1.54) is 16.8 Å². The van der Waals surface area contributed by atoms with Gasteiger partial charge in [0.2, 0.25) is 5.91 Å². The number of carboxylic acids is 1. The van der Waals surface area contributed by atoms with Crippen LogP contribution in [0, 0.1) is 19.8 Å². The first-order chi connectivity index (χ1) is 15.9. The Morgan fingerprint density at radius 1 is 1.00 bits per heavy atom. The molecular weight excluding hydrogens is 416 g/mol. The highest BCUT2D eigenvalue weighted by molar-refractivity contribution is 6.05. The van der Waals surface area contributed by atoms with Gasteiger partial charge in [-0.3, -0.25) is 4.79 Å². The molecule has 2 N–H and O–H groups in total. The van der Waals surface area contributed by atoms with Crippen LogP contribution in [0.2, 0.25) is 0 Å². The molecule has 170 valence electrons. The minimum atomic E-state index is -0.997. The standard InChI is InChI=1S/C26H28N4O3/c1-16-4-3-5-23(17(16)2)29-10-12-30(13-11-29)24-15-21(26(32)33)20-14-19(8-9-22(20)28-24)27-25(31)18-6-7-18/h3-5,8-9,14-15,18H,6-7,10-13H2,1-2H3,(H,27,31)(H,32,33). The van der Waals surface area contributed by atoms with Gasteiger partial charge in [0.1, 0.15) is 5.82 Å². The molecule has 3 aromatic rings. The lowest BCUT2D eigenvalue weighted by Crippen LogP contribution is -2.47. The van der Waals surface area contributed by atoms with E-state index in [-0.39, 0.29) is 17.4 Å². The molecule has 2 heterocycles. The normalized spacial score (nSPS) is 16.2. The van der Waals surface area contributed by atoms with Crippen molar-refractivity contribution in [2.45, 2.75) is 26.7 Å². The third-order valence-corrected chi connectivity index (χ3v) is 6.76. The maximum Gasteiger partial charge on any atom is 0.336 e. The minimum absolute atomic E-state index is 0.00229. The summed E-state index contributed by atoms with van der Waals surface area (Å²) in [4.78, 5) is 33.5. The number of hydrogen-bond donors (Lipinski definition) is 2. The van der Waals surface area contributed by atoms with Gasteiger partial charge in [0.05, 0.1) is 11.1 Å². The number of hydrogen-bond acceptors (Lipinski definition) is 5. The van der Waals surface area contributed by atoms with Crippen LogP contribution in [0.5, 0.6) is 0 Å². The van der Waals surface area contributed by atoms with E-state index >= 15 is 0 Å². The number of aromatic carboxylic acids is 1. The Balaban J connectivity index is 1.39. The molecule has 5 rings (SSSR count). The first-order valence-corrected chi connectivity index (χ1v) is 11.5. The number of carbonyl (C=O) groups excluding carboxylic acids is 1. The van der Waals surface area contributed by atoms with Crippen LogP contribution >= 0.6 is 0 Å². The van der Waals surface area contributed by atoms with Gasteiger partial charge >= 0.3 is 5.97 Å². The summed E-state index contributed by atoms with van der Waals surface area (Å²) in [7, 11) is 0. The second-order valence-electron chi connectivity index (χ2n) is 9.02. The summed E-state index contributed by atoms with van der Waals surface area (Å²) in [6.45, 7) is 7.50. The number of fused-ring (bicyclic) bond motifs is 1. The predicted molar refractivity (Wildman–Crippen MR) is 130 cm³/mol. The molecule has 33 heavy (non-hydrogen) atoms. The van der Waals surface area contributed by atoms with E-state index < -0.39 is 5.97 Å². The SMILES string of the molecule is Cc1cccc(N2CCN(c3cc(C(=O)O)c4cc(NC(=O)C5CC5)ccc4n3)CC2)c1C. The molecule has 0 atom stereocenters. The summed E-state index contributed by atoms with van der Waals surface area (Å²) in [6, 6.07) is 13.3. The largest absolute Gasteiger partial charge is 0.478 e. The number of nitrogens with zero attached hydrogens (tertiary/aromatic N) is 3. The van der Waals surface area contributed by atoms with Gasteiger partial charge in [0.15, 0.2) is 0 Å². The molecule has 0 unspecified atom stereocenters. The molecule has 1 saturated heterocycles. The van der Waals surface area contributed by atoms with E-state index in [0.29, 0.717) is 22.4 Å². The molecule has 1 aliphatic heterocycles. The van der Waals surface area contributed by atoms with Crippen molar-refractivity contribution in [2.24, 2.45) is 5.92 Å². The second kappa shape index (κ2) is 8.39.